The molecule has 0 radical (unpaired) electrons. The van der Waals surface area contributed by atoms with E-state index in [4.69, 9.17) is 26.4 Å². The van der Waals surface area contributed by atoms with E-state index in [1.54, 1.807) is 13.3 Å². The second-order valence-electron chi connectivity index (χ2n) is 7.97. The Labute approximate surface area is 233 Å². The van der Waals surface area contributed by atoms with Gasteiger partial charge in [0.1, 0.15) is 36.8 Å². The molecule has 0 amide bonds. The molecule has 1 aliphatic heterocycles. The van der Waals surface area contributed by atoms with Crippen LogP contribution < -0.4 is 15.5 Å². The summed E-state index contributed by atoms with van der Waals surface area (Å²) in [5, 5.41) is 46.2. The van der Waals surface area contributed by atoms with E-state index in [1.807, 2.05) is 48.5 Å². The fourth-order valence-electron chi connectivity index (χ4n) is 3.20. The van der Waals surface area contributed by atoms with Gasteiger partial charge in [0.25, 0.3) is 0 Å². The van der Waals surface area contributed by atoms with Crippen molar-refractivity contribution in [1.82, 2.24) is 5.43 Å². The smallest absolute Gasteiger partial charge is 0.306 e. The summed E-state index contributed by atoms with van der Waals surface area (Å²) in [6, 6.07) is 14.9. The number of methoxy groups -OCH3 is 1. The zero-order valence-corrected chi connectivity index (χ0v) is 22.7. The average Bonchev–Trinajstić information content (AvgIpc) is 2.92. The summed E-state index contributed by atoms with van der Waals surface area (Å²) >= 11 is 5.26. The summed E-state index contributed by atoms with van der Waals surface area (Å²) in [5.74, 6) is 0.662. The second kappa shape index (κ2) is 15.2. The van der Waals surface area contributed by atoms with Gasteiger partial charge in [-0.05, 0) is 42.5 Å². The molecule has 38 heavy (non-hydrogen) atoms. The summed E-state index contributed by atoms with van der Waals surface area (Å²) in [6.07, 6.45) is -5.82. The number of hydrogen-bond acceptors (Lipinski definition) is 12. The molecule has 3 rings (SSSR count). The second-order valence-corrected chi connectivity index (χ2v) is 10.8. The number of aliphatic hydroxyl groups is 4. The zero-order valence-electron chi connectivity index (χ0n) is 20.3. The van der Waals surface area contributed by atoms with Crippen molar-refractivity contribution >= 4 is 56.8 Å². The van der Waals surface area contributed by atoms with E-state index in [1.165, 1.54) is 21.6 Å². The van der Waals surface area contributed by atoms with Gasteiger partial charge in [-0.1, -0.05) is 39.8 Å². The molecule has 5 atom stereocenters. The average molecular weight is 584 g/mol. The number of benzene rings is 2. The van der Waals surface area contributed by atoms with E-state index >= 15 is 0 Å². The monoisotopic (exact) mass is 583 g/mol. The number of ether oxygens (including phenoxy) is 3. The lowest BCUT2D eigenvalue weighted by Gasteiger charge is -2.37. The maximum atomic E-state index is 12.1. The Morgan fingerprint density at radius 1 is 1.11 bits per heavy atom. The number of nitrogens with one attached hydrogen (secondary N) is 2. The van der Waals surface area contributed by atoms with Gasteiger partial charge >= 0.3 is 5.97 Å². The minimum Gasteiger partial charge on any atom is -0.497 e. The highest BCUT2D eigenvalue weighted by atomic mass is 33.1. The molecule has 0 aromatic heterocycles. The molecular weight excluding hydrogens is 554 g/mol. The predicted octanol–water partition coefficient (Wildman–Crippen LogP) is 1.49. The molecule has 206 valence electrons. The van der Waals surface area contributed by atoms with Crippen molar-refractivity contribution in [3.05, 3.63) is 54.1 Å². The lowest BCUT2D eigenvalue weighted by molar-refractivity contribution is -0.287. The van der Waals surface area contributed by atoms with Crippen molar-refractivity contribution in [3.63, 3.8) is 0 Å². The van der Waals surface area contributed by atoms with Crippen LogP contribution in [0.4, 0.5) is 5.69 Å². The van der Waals surface area contributed by atoms with Crippen LogP contribution in [0.15, 0.2) is 58.5 Å². The number of carbonyl (C=O) groups excluding carboxylic acids is 1. The Balaban J connectivity index is 1.38. The summed E-state index contributed by atoms with van der Waals surface area (Å²) in [4.78, 5) is 13.0. The van der Waals surface area contributed by atoms with Crippen LogP contribution in [0.1, 0.15) is 12.0 Å². The normalized spacial score (nSPS) is 23.1. The minimum absolute atomic E-state index is 0.0946. The van der Waals surface area contributed by atoms with Crippen molar-refractivity contribution in [1.29, 1.82) is 0 Å². The van der Waals surface area contributed by atoms with E-state index in [0.29, 0.717) is 10.9 Å². The third-order valence-corrected chi connectivity index (χ3v) is 7.90. The van der Waals surface area contributed by atoms with E-state index in [0.717, 1.165) is 21.9 Å². The summed E-state index contributed by atoms with van der Waals surface area (Å²) < 4.78 is 15.2. The molecule has 14 heteroatoms. The van der Waals surface area contributed by atoms with Crippen LogP contribution in [0.5, 0.6) is 5.75 Å². The van der Waals surface area contributed by atoms with Crippen molar-refractivity contribution in [3.8, 4) is 5.75 Å². The van der Waals surface area contributed by atoms with Crippen LogP contribution in [0.2, 0.25) is 0 Å². The van der Waals surface area contributed by atoms with Crippen LogP contribution in [-0.2, 0) is 14.3 Å². The molecule has 1 heterocycles. The highest BCUT2D eigenvalue weighted by Gasteiger charge is 2.43. The fraction of sp³-hybridized carbons (Fsp3) is 0.375. The van der Waals surface area contributed by atoms with Gasteiger partial charge in [0.15, 0.2) is 11.4 Å². The Bertz CT molecular complexity index is 1090. The third-order valence-electron chi connectivity index (χ3n) is 5.27. The zero-order chi connectivity index (χ0) is 27.5. The number of anilines is 1. The molecule has 0 unspecified atom stereocenters. The largest absolute Gasteiger partial charge is 0.497 e. The van der Waals surface area contributed by atoms with Crippen molar-refractivity contribution < 1.29 is 39.4 Å². The van der Waals surface area contributed by atoms with Crippen molar-refractivity contribution in [2.24, 2.45) is 5.10 Å². The van der Waals surface area contributed by atoms with Gasteiger partial charge in [0.05, 0.1) is 19.7 Å². The number of carbonyl (C=O) groups is 1. The summed E-state index contributed by atoms with van der Waals surface area (Å²) in [6.45, 7) is -0.361. The quantitative estimate of drug-likeness (QED) is 0.0564. The molecule has 6 N–H and O–H groups in total. The first-order chi connectivity index (χ1) is 18.3. The van der Waals surface area contributed by atoms with Crippen LogP contribution in [-0.4, -0.2) is 87.9 Å². The third kappa shape index (κ3) is 9.10. The SMILES string of the molecule is COc1ccc(NC(=S)N/N=C/c2ccccc2SSCCC(=O)OC[C@H]2O[C@H](O)[C@@H](O)[C@@H](O)[C@@H]2O)cc1. The first kappa shape index (κ1) is 30.1. The molecule has 0 bridgehead atoms. The molecule has 1 fully saturated rings. The lowest BCUT2D eigenvalue weighted by Crippen LogP contribution is -2.58. The lowest BCUT2D eigenvalue weighted by atomic mass is 9.99. The Morgan fingerprint density at radius 3 is 2.58 bits per heavy atom. The Morgan fingerprint density at radius 2 is 1.84 bits per heavy atom. The van der Waals surface area contributed by atoms with Crippen LogP contribution in [0.3, 0.4) is 0 Å². The van der Waals surface area contributed by atoms with E-state index in [9.17, 15) is 25.2 Å². The number of hydrazone groups is 1. The maximum Gasteiger partial charge on any atom is 0.306 e. The summed E-state index contributed by atoms with van der Waals surface area (Å²) in [5.41, 5.74) is 4.43. The van der Waals surface area contributed by atoms with Gasteiger partial charge in [-0.3, -0.25) is 10.2 Å². The number of aliphatic hydroxyl groups excluding tert-OH is 4. The molecule has 1 saturated heterocycles. The number of hydrogen-bond donors (Lipinski definition) is 6. The van der Waals surface area contributed by atoms with Gasteiger partial charge in [-0.15, -0.1) is 0 Å². The first-order valence-corrected chi connectivity index (χ1v) is 14.2. The molecule has 11 nitrogen and oxygen atoms in total. The maximum absolute atomic E-state index is 12.1. The van der Waals surface area contributed by atoms with Gasteiger partial charge in [-0.2, -0.15) is 5.10 Å². The van der Waals surface area contributed by atoms with Crippen LogP contribution in [0, 0.1) is 0 Å². The topological polar surface area (TPSA) is 162 Å². The van der Waals surface area contributed by atoms with Gasteiger partial charge in [0, 0.05) is 21.9 Å². The van der Waals surface area contributed by atoms with Crippen molar-refractivity contribution in [2.45, 2.75) is 42.0 Å². The highest BCUT2D eigenvalue weighted by molar-refractivity contribution is 8.76. The summed E-state index contributed by atoms with van der Waals surface area (Å²) in [7, 11) is 4.52. The number of esters is 1. The number of nitrogens with zero attached hydrogens (tertiary/aromatic N) is 1. The van der Waals surface area contributed by atoms with E-state index < -0.39 is 36.7 Å². The molecule has 1 aliphatic rings. The van der Waals surface area contributed by atoms with E-state index in [-0.39, 0.29) is 13.0 Å². The standard InChI is InChI=1S/C24H29N3O8S3/c1-33-16-8-6-15(7-9-16)26-24(36)27-25-12-14-4-2-3-5-18(14)38-37-11-10-19(28)34-13-17-20(29)21(30)22(31)23(32)35-17/h2-9,12,17,20-23,29-32H,10-11,13H2,1H3,(H2,26,27,36)/b25-12+/t17-,20-,21+,22+,23+/m1/s1. The van der Waals surface area contributed by atoms with Gasteiger partial charge in [-0.25, -0.2) is 0 Å². The minimum atomic E-state index is -1.68. The number of thiocarbonyl (C=S) groups is 1. The van der Waals surface area contributed by atoms with E-state index in [2.05, 4.69) is 15.8 Å². The highest BCUT2D eigenvalue weighted by Crippen LogP contribution is 2.33. The van der Waals surface area contributed by atoms with Crippen LogP contribution >= 0.6 is 33.8 Å². The predicted molar refractivity (Wildman–Crippen MR) is 149 cm³/mol. The Hall–Kier alpha value is -2.43. The van der Waals surface area contributed by atoms with Crippen molar-refractivity contribution in [2.75, 3.05) is 24.8 Å². The van der Waals surface area contributed by atoms with Gasteiger partial charge < -0.3 is 40.0 Å². The molecule has 0 aliphatic carbocycles. The Kier molecular flexibility index (Phi) is 12.1. The molecule has 2 aromatic rings. The van der Waals surface area contributed by atoms with Gasteiger partial charge in [0.2, 0.25) is 0 Å². The first-order valence-electron chi connectivity index (χ1n) is 11.4. The molecule has 2 aromatic carbocycles. The van der Waals surface area contributed by atoms with Crippen LogP contribution in [0.25, 0.3) is 0 Å². The molecule has 0 spiro atoms. The number of rotatable bonds is 11. The molecule has 0 saturated carbocycles. The molecular formula is C24H29N3O8S3. The fourth-order valence-corrected chi connectivity index (χ4v) is 5.52.